The van der Waals surface area contributed by atoms with Gasteiger partial charge in [0.1, 0.15) is 11.4 Å². The van der Waals surface area contributed by atoms with Gasteiger partial charge in [0, 0.05) is 42.1 Å². The minimum absolute atomic E-state index is 0.790. The van der Waals surface area contributed by atoms with Crippen LogP contribution >= 0.6 is 23.5 Å². The van der Waals surface area contributed by atoms with E-state index in [1.54, 1.807) is 0 Å². The van der Waals surface area contributed by atoms with Crippen LogP contribution in [0.2, 0.25) is 0 Å². The number of fused-ring (bicyclic) bond motifs is 4. The van der Waals surface area contributed by atoms with E-state index in [1.165, 1.54) is 42.3 Å². The van der Waals surface area contributed by atoms with Gasteiger partial charge < -0.3 is 9.80 Å². The summed E-state index contributed by atoms with van der Waals surface area (Å²) in [5.74, 6) is 0. The molecule has 0 N–H and O–H groups in total. The Balaban J connectivity index is 0.805. The molecule has 7 aromatic carbocycles. The zero-order valence-electron chi connectivity index (χ0n) is 29.7. The number of nitrogens with zero attached hydrogens (tertiary/aromatic N) is 8. The summed E-state index contributed by atoms with van der Waals surface area (Å²) < 4.78 is 3.64. The Morgan fingerprint density at radius 3 is 0.964 bits per heavy atom. The minimum atomic E-state index is 0.790. The Hall–Kier alpha value is -6.88. The van der Waals surface area contributed by atoms with Crippen molar-refractivity contribution >= 4 is 57.6 Å². The molecule has 56 heavy (non-hydrogen) atoms. The van der Waals surface area contributed by atoms with Gasteiger partial charge in [-0.2, -0.15) is 0 Å². The van der Waals surface area contributed by atoms with Crippen molar-refractivity contribution in [2.45, 2.75) is 19.6 Å². The standard InChI is InChI=1S/C46H30N8S2/c1-5-13-43-39(9-1)53(40-10-2-6-14-44(40)55-43)35-25-21-33(22-26-35)51-29-37(47-49-51)31-17-19-32(20-18-31)38-30-52(50-48-38)34-23-27-36(28-24-34)54-41-11-3-7-15-45(41)56-46-16-8-4-12-42(46)54/h1-30H. The number of anilines is 6. The Bertz CT molecular complexity index is 2590. The molecule has 0 atom stereocenters. The van der Waals surface area contributed by atoms with Gasteiger partial charge in [0.15, 0.2) is 0 Å². The molecule has 10 heteroatoms. The average Bonchev–Trinajstić information content (AvgIpc) is 3.97. The highest BCUT2D eigenvalue weighted by Crippen LogP contribution is 2.52. The van der Waals surface area contributed by atoms with Crippen molar-refractivity contribution in [1.29, 1.82) is 0 Å². The highest BCUT2D eigenvalue weighted by molar-refractivity contribution is 8.00. The molecular weight excluding hydrogens is 729 g/mol. The minimum Gasteiger partial charge on any atom is -0.308 e. The van der Waals surface area contributed by atoms with E-state index in [0.29, 0.717) is 0 Å². The molecule has 2 aromatic heterocycles. The van der Waals surface area contributed by atoms with Gasteiger partial charge in [0.25, 0.3) is 0 Å². The third-order valence-corrected chi connectivity index (χ3v) is 12.3. The quantitative estimate of drug-likeness (QED) is 0.166. The molecule has 8 nitrogen and oxygen atoms in total. The predicted molar refractivity (Wildman–Crippen MR) is 225 cm³/mol. The second-order valence-electron chi connectivity index (χ2n) is 13.5. The highest BCUT2D eigenvalue weighted by Gasteiger charge is 2.25. The Labute approximate surface area is 331 Å². The fourth-order valence-electron chi connectivity index (χ4n) is 7.33. The molecule has 0 spiro atoms. The van der Waals surface area contributed by atoms with E-state index in [0.717, 1.165) is 45.3 Å². The van der Waals surface area contributed by atoms with Crippen LogP contribution in [-0.2, 0) is 0 Å². The molecule has 4 heterocycles. The van der Waals surface area contributed by atoms with Crippen LogP contribution in [0.15, 0.2) is 202 Å². The van der Waals surface area contributed by atoms with Crippen molar-refractivity contribution in [1.82, 2.24) is 30.0 Å². The van der Waals surface area contributed by atoms with Crippen LogP contribution in [0.4, 0.5) is 34.1 Å². The lowest BCUT2D eigenvalue weighted by atomic mass is 10.1. The van der Waals surface area contributed by atoms with Gasteiger partial charge in [-0.25, -0.2) is 9.36 Å². The molecule has 0 saturated heterocycles. The van der Waals surface area contributed by atoms with E-state index in [9.17, 15) is 0 Å². The SMILES string of the molecule is c1ccc2c(c1)Sc1ccccc1N2c1ccc(-n2cc(-c3ccc(-c4cn(-c5ccc(N6c7ccccc7Sc7ccccc76)cc5)nn4)cc3)nn2)cc1. The van der Waals surface area contributed by atoms with Gasteiger partial charge in [-0.05, 0) is 97.1 Å². The second-order valence-corrected chi connectivity index (χ2v) is 15.6. The molecule has 2 aliphatic heterocycles. The van der Waals surface area contributed by atoms with Gasteiger partial charge in [-0.3, -0.25) is 0 Å². The molecule has 0 bridgehead atoms. The first-order chi connectivity index (χ1) is 27.7. The highest BCUT2D eigenvalue weighted by atomic mass is 32.2. The normalized spacial score (nSPS) is 12.8. The van der Waals surface area contributed by atoms with Crippen molar-refractivity contribution in [2.24, 2.45) is 0 Å². The molecule has 2 aliphatic rings. The molecule has 0 unspecified atom stereocenters. The fourth-order valence-corrected chi connectivity index (χ4v) is 9.45. The van der Waals surface area contributed by atoms with Crippen LogP contribution in [0.5, 0.6) is 0 Å². The first kappa shape index (κ1) is 32.5. The first-order valence-electron chi connectivity index (χ1n) is 18.2. The molecule has 9 aromatic rings. The number of para-hydroxylation sites is 4. The van der Waals surface area contributed by atoms with Gasteiger partial charge >= 0.3 is 0 Å². The smallest absolute Gasteiger partial charge is 0.113 e. The molecule has 11 rings (SSSR count). The summed E-state index contributed by atoms with van der Waals surface area (Å²) in [5.41, 5.74) is 12.3. The molecule has 0 fully saturated rings. The zero-order chi connectivity index (χ0) is 37.0. The van der Waals surface area contributed by atoms with Crippen LogP contribution in [0.1, 0.15) is 0 Å². The largest absolute Gasteiger partial charge is 0.308 e. The van der Waals surface area contributed by atoms with Crippen molar-refractivity contribution in [3.63, 3.8) is 0 Å². The third kappa shape index (κ3) is 5.66. The van der Waals surface area contributed by atoms with Crippen LogP contribution in [-0.4, -0.2) is 30.0 Å². The summed E-state index contributed by atoms with van der Waals surface area (Å²) in [6.45, 7) is 0. The monoisotopic (exact) mass is 758 g/mol. The molecule has 0 aliphatic carbocycles. The molecule has 0 saturated carbocycles. The van der Waals surface area contributed by atoms with E-state index >= 15 is 0 Å². The number of benzene rings is 7. The van der Waals surface area contributed by atoms with Crippen LogP contribution in [0, 0.1) is 0 Å². The Morgan fingerprint density at radius 2 is 0.625 bits per heavy atom. The second kappa shape index (κ2) is 13.5. The van der Waals surface area contributed by atoms with E-state index in [-0.39, 0.29) is 0 Å². The lowest BCUT2D eigenvalue weighted by Crippen LogP contribution is -2.14. The van der Waals surface area contributed by atoms with Crippen LogP contribution in [0.3, 0.4) is 0 Å². The summed E-state index contributed by atoms with van der Waals surface area (Å²) in [6.07, 6.45) is 3.93. The first-order valence-corrected chi connectivity index (χ1v) is 19.9. The summed E-state index contributed by atoms with van der Waals surface area (Å²) in [5, 5.41) is 18.0. The summed E-state index contributed by atoms with van der Waals surface area (Å²) in [7, 11) is 0. The van der Waals surface area contributed by atoms with Gasteiger partial charge in [-0.15, -0.1) is 10.2 Å². The number of aromatic nitrogens is 6. The third-order valence-electron chi connectivity index (χ3n) is 10.1. The molecule has 266 valence electrons. The predicted octanol–water partition coefficient (Wildman–Crippen LogP) is 12.1. The van der Waals surface area contributed by atoms with Crippen molar-refractivity contribution in [3.05, 3.63) is 182 Å². The lowest BCUT2D eigenvalue weighted by Gasteiger charge is -2.32. The number of hydrogen-bond donors (Lipinski definition) is 0. The maximum absolute atomic E-state index is 4.51. The van der Waals surface area contributed by atoms with E-state index in [1.807, 2.05) is 45.3 Å². The maximum Gasteiger partial charge on any atom is 0.113 e. The Kier molecular flexibility index (Phi) is 7.82. The van der Waals surface area contributed by atoms with Crippen molar-refractivity contribution in [2.75, 3.05) is 9.80 Å². The maximum atomic E-state index is 4.51. The lowest BCUT2D eigenvalue weighted by molar-refractivity contribution is 0.804. The number of rotatable bonds is 6. The Morgan fingerprint density at radius 1 is 0.321 bits per heavy atom. The summed E-state index contributed by atoms with van der Waals surface area (Å²) >= 11 is 3.62. The van der Waals surface area contributed by atoms with E-state index in [4.69, 9.17) is 0 Å². The molecule has 0 radical (unpaired) electrons. The molecular formula is C46H30N8S2. The van der Waals surface area contributed by atoms with E-state index < -0.39 is 0 Å². The van der Waals surface area contributed by atoms with Gasteiger partial charge in [0.05, 0.1) is 46.5 Å². The average molecular weight is 759 g/mol. The van der Waals surface area contributed by atoms with Crippen LogP contribution < -0.4 is 9.80 Å². The van der Waals surface area contributed by atoms with Gasteiger partial charge in [0.2, 0.25) is 0 Å². The fraction of sp³-hybridized carbons (Fsp3) is 0. The zero-order valence-corrected chi connectivity index (χ0v) is 31.3. The van der Waals surface area contributed by atoms with Crippen molar-refractivity contribution < 1.29 is 0 Å². The number of hydrogen-bond acceptors (Lipinski definition) is 8. The van der Waals surface area contributed by atoms with Gasteiger partial charge in [-0.1, -0.05) is 107 Å². The summed E-state index contributed by atoms with van der Waals surface area (Å²) in [4.78, 5) is 9.60. The van der Waals surface area contributed by atoms with Crippen LogP contribution in [0.25, 0.3) is 33.9 Å². The van der Waals surface area contributed by atoms with Crippen molar-refractivity contribution in [3.8, 4) is 33.9 Å². The van der Waals surface area contributed by atoms with E-state index in [2.05, 4.69) is 200 Å². The molecule has 0 amide bonds. The topological polar surface area (TPSA) is 67.9 Å². The summed E-state index contributed by atoms with van der Waals surface area (Å²) in [6, 6.07) is 59.3.